The van der Waals surface area contributed by atoms with Crippen molar-refractivity contribution in [2.45, 2.75) is 44.4 Å². The van der Waals surface area contributed by atoms with E-state index < -0.39 is 0 Å². The van der Waals surface area contributed by atoms with Gasteiger partial charge in [0.15, 0.2) is 0 Å². The van der Waals surface area contributed by atoms with Crippen molar-refractivity contribution in [3.63, 3.8) is 0 Å². The molecule has 7 heteroatoms. The first-order chi connectivity index (χ1) is 12.8. The molecule has 0 aliphatic carbocycles. The lowest BCUT2D eigenvalue weighted by Gasteiger charge is -2.23. The maximum atomic E-state index is 13.2. The van der Waals surface area contributed by atoms with Crippen molar-refractivity contribution in [1.82, 2.24) is 14.5 Å². The highest BCUT2D eigenvalue weighted by Gasteiger charge is 2.40. The molecule has 2 aliphatic rings. The van der Waals surface area contributed by atoms with E-state index in [-0.39, 0.29) is 21.8 Å². The lowest BCUT2D eigenvalue weighted by atomic mass is 10.1. The van der Waals surface area contributed by atoms with Gasteiger partial charge in [-0.05, 0) is 31.0 Å². The summed E-state index contributed by atoms with van der Waals surface area (Å²) in [6.07, 6.45) is 3.43. The van der Waals surface area contributed by atoms with Gasteiger partial charge >= 0.3 is 0 Å². The molecule has 27 heavy (non-hydrogen) atoms. The maximum absolute atomic E-state index is 13.2. The Morgan fingerprint density at radius 3 is 2.81 bits per heavy atom. The van der Waals surface area contributed by atoms with Gasteiger partial charge in [0, 0.05) is 11.3 Å². The lowest BCUT2D eigenvalue weighted by Crippen LogP contribution is -2.30. The third-order valence-electron chi connectivity index (χ3n) is 4.92. The van der Waals surface area contributed by atoms with Crippen LogP contribution in [-0.4, -0.2) is 43.9 Å². The van der Waals surface area contributed by atoms with Gasteiger partial charge in [0.2, 0.25) is 5.12 Å². The molecule has 2 aliphatic heterocycles. The Kier molecular flexibility index (Phi) is 4.29. The average Bonchev–Trinajstić information content (AvgIpc) is 3.23. The van der Waals surface area contributed by atoms with Gasteiger partial charge in [-0.1, -0.05) is 32.5 Å². The van der Waals surface area contributed by atoms with Crippen LogP contribution in [0.1, 0.15) is 66.2 Å². The fraction of sp³-hybridized carbons (Fsp3) is 0.450. The minimum atomic E-state index is -0.200. The Labute approximate surface area is 162 Å². The van der Waals surface area contributed by atoms with Crippen molar-refractivity contribution < 1.29 is 14.3 Å². The van der Waals surface area contributed by atoms with Crippen LogP contribution in [0, 0.1) is 0 Å². The molecule has 0 N–H and O–H groups in total. The molecular weight excluding hydrogens is 362 g/mol. The van der Waals surface area contributed by atoms with E-state index in [1.807, 2.05) is 42.4 Å². The highest BCUT2D eigenvalue weighted by atomic mass is 32.2. The van der Waals surface area contributed by atoms with E-state index in [2.05, 4.69) is 4.98 Å². The second kappa shape index (κ2) is 6.41. The first-order valence-electron chi connectivity index (χ1n) is 9.10. The van der Waals surface area contributed by atoms with Crippen LogP contribution in [0.25, 0.3) is 5.69 Å². The summed E-state index contributed by atoms with van der Waals surface area (Å²) >= 11 is 1.28. The summed E-state index contributed by atoms with van der Waals surface area (Å²) in [6, 6.07) is 5.34. The Balaban J connectivity index is 1.90. The zero-order chi connectivity index (χ0) is 19.3. The SMILES string of the molecule is COc1ccc2c(c1)C(=O)N1CCC[C@H]1c1c(C(=O)SC(C)(C)C)ncn1-2. The van der Waals surface area contributed by atoms with Crippen LogP contribution in [0.5, 0.6) is 5.75 Å². The predicted octanol–water partition coefficient (Wildman–Crippen LogP) is 3.84. The normalized spacial score (nSPS) is 18.6. The smallest absolute Gasteiger partial charge is 0.256 e. The zero-order valence-electron chi connectivity index (χ0n) is 16.0. The third kappa shape index (κ3) is 3.04. The van der Waals surface area contributed by atoms with Gasteiger partial charge in [-0.2, -0.15) is 0 Å². The van der Waals surface area contributed by atoms with Gasteiger partial charge < -0.3 is 9.64 Å². The molecule has 1 aromatic heterocycles. The highest BCUT2D eigenvalue weighted by molar-refractivity contribution is 8.15. The van der Waals surface area contributed by atoms with Crippen molar-refractivity contribution in [3.8, 4) is 11.4 Å². The molecule has 1 saturated heterocycles. The number of amides is 1. The molecule has 0 radical (unpaired) electrons. The number of carbonyl (C=O) groups excluding carboxylic acids is 2. The summed E-state index contributed by atoms with van der Waals surface area (Å²) in [5, 5.41) is -0.0486. The van der Waals surface area contributed by atoms with Gasteiger partial charge in [0.25, 0.3) is 5.91 Å². The number of imidazole rings is 1. The second-order valence-electron chi connectivity index (χ2n) is 7.89. The quantitative estimate of drug-likeness (QED) is 0.786. The number of fused-ring (bicyclic) bond motifs is 5. The summed E-state index contributed by atoms with van der Waals surface area (Å²) in [7, 11) is 1.59. The molecule has 0 saturated carbocycles. The zero-order valence-corrected chi connectivity index (χ0v) is 16.8. The van der Waals surface area contributed by atoms with Gasteiger partial charge in [0.05, 0.1) is 30.1 Å². The Hall–Kier alpha value is -2.28. The summed E-state index contributed by atoms with van der Waals surface area (Å²) in [5.74, 6) is 0.623. The van der Waals surface area contributed by atoms with Crippen LogP contribution in [0.4, 0.5) is 0 Å². The average molecular weight is 385 g/mol. The molecule has 3 heterocycles. The number of hydrogen-bond donors (Lipinski definition) is 0. The number of hydrogen-bond acceptors (Lipinski definition) is 5. The van der Waals surface area contributed by atoms with Crippen molar-refractivity contribution in [2.75, 3.05) is 13.7 Å². The molecule has 1 fully saturated rings. The summed E-state index contributed by atoms with van der Waals surface area (Å²) in [4.78, 5) is 32.5. The van der Waals surface area contributed by atoms with Crippen LogP contribution in [0.15, 0.2) is 24.5 Å². The molecule has 0 spiro atoms. The van der Waals surface area contributed by atoms with Crippen molar-refractivity contribution in [3.05, 3.63) is 41.5 Å². The van der Waals surface area contributed by atoms with E-state index in [0.29, 0.717) is 23.6 Å². The fourth-order valence-corrected chi connectivity index (χ4v) is 4.63. The lowest BCUT2D eigenvalue weighted by molar-refractivity contribution is 0.0736. The van der Waals surface area contributed by atoms with Crippen LogP contribution >= 0.6 is 11.8 Å². The van der Waals surface area contributed by atoms with Crippen LogP contribution in [0.3, 0.4) is 0 Å². The number of carbonyl (C=O) groups is 2. The number of aromatic nitrogens is 2. The van der Waals surface area contributed by atoms with Crippen molar-refractivity contribution in [2.24, 2.45) is 0 Å². The topological polar surface area (TPSA) is 64.4 Å². The van der Waals surface area contributed by atoms with Gasteiger partial charge in [-0.25, -0.2) is 4.98 Å². The molecule has 2 aromatic rings. The van der Waals surface area contributed by atoms with Crippen LogP contribution in [-0.2, 0) is 0 Å². The standard InChI is InChI=1S/C20H23N3O3S/c1-20(2,3)27-19(25)16-17-15-6-5-9-22(15)18(24)13-10-12(26-4)7-8-14(13)23(17)11-21-16/h7-8,10-11,15H,5-6,9H2,1-4H3/t15-/m0/s1. The second-order valence-corrected chi connectivity index (χ2v) is 9.69. The van der Waals surface area contributed by atoms with E-state index in [1.54, 1.807) is 19.5 Å². The molecule has 6 nitrogen and oxygen atoms in total. The molecule has 1 atom stereocenters. The van der Waals surface area contributed by atoms with Crippen LogP contribution < -0.4 is 4.74 Å². The van der Waals surface area contributed by atoms with Crippen molar-refractivity contribution in [1.29, 1.82) is 0 Å². The van der Waals surface area contributed by atoms with E-state index >= 15 is 0 Å². The number of benzene rings is 1. The monoisotopic (exact) mass is 385 g/mol. The fourth-order valence-electron chi connectivity index (χ4n) is 3.82. The third-order valence-corrected chi connectivity index (χ3v) is 5.91. The number of nitrogens with zero attached hydrogens (tertiary/aromatic N) is 3. The number of rotatable bonds is 2. The van der Waals surface area contributed by atoms with E-state index in [0.717, 1.165) is 24.2 Å². The Morgan fingerprint density at radius 2 is 2.11 bits per heavy atom. The molecule has 142 valence electrons. The van der Waals surface area contributed by atoms with Gasteiger partial charge in [-0.3, -0.25) is 14.2 Å². The van der Waals surface area contributed by atoms with Crippen LogP contribution in [0.2, 0.25) is 0 Å². The first-order valence-corrected chi connectivity index (χ1v) is 9.92. The first kappa shape index (κ1) is 18.1. The number of thioether (sulfide) groups is 1. The number of ether oxygens (including phenoxy) is 1. The molecule has 4 rings (SSSR count). The van der Waals surface area contributed by atoms with E-state index in [9.17, 15) is 9.59 Å². The molecule has 0 bridgehead atoms. The molecule has 0 unspecified atom stereocenters. The molecule has 1 aromatic carbocycles. The van der Waals surface area contributed by atoms with E-state index in [4.69, 9.17) is 4.74 Å². The van der Waals surface area contributed by atoms with Crippen molar-refractivity contribution >= 4 is 22.8 Å². The summed E-state index contributed by atoms with van der Waals surface area (Å²) in [6.45, 7) is 6.72. The minimum absolute atomic E-state index is 0.0167. The molecular formula is C20H23N3O3S. The predicted molar refractivity (Wildman–Crippen MR) is 105 cm³/mol. The minimum Gasteiger partial charge on any atom is -0.497 e. The molecule has 1 amide bonds. The number of methoxy groups -OCH3 is 1. The Bertz CT molecular complexity index is 929. The van der Waals surface area contributed by atoms with Gasteiger partial charge in [0.1, 0.15) is 17.8 Å². The van der Waals surface area contributed by atoms with E-state index in [1.165, 1.54) is 11.8 Å². The van der Waals surface area contributed by atoms with Gasteiger partial charge in [-0.15, -0.1) is 0 Å². The maximum Gasteiger partial charge on any atom is 0.256 e. The largest absolute Gasteiger partial charge is 0.497 e. The Morgan fingerprint density at radius 1 is 1.33 bits per heavy atom. The summed E-state index contributed by atoms with van der Waals surface area (Å²) in [5.41, 5.74) is 2.62. The summed E-state index contributed by atoms with van der Waals surface area (Å²) < 4.78 is 7.03. The highest BCUT2D eigenvalue weighted by Crippen LogP contribution is 2.41.